The zero-order chi connectivity index (χ0) is 47.1. The molecule has 0 spiro atoms. The Kier molecular flexibility index (Phi) is 14.2. The van der Waals surface area contributed by atoms with Gasteiger partial charge in [0, 0.05) is 37.7 Å². The zero-order valence-electron chi connectivity index (χ0n) is 37.3. The van der Waals surface area contributed by atoms with Crippen molar-refractivity contribution in [2.45, 2.75) is 55.8 Å². The lowest BCUT2D eigenvalue weighted by Crippen LogP contribution is -2.35. The number of sulfonamides is 1. The van der Waals surface area contributed by atoms with E-state index in [-0.39, 0.29) is 31.0 Å². The van der Waals surface area contributed by atoms with Crippen LogP contribution in [0.5, 0.6) is 17.2 Å². The summed E-state index contributed by atoms with van der Waals surface area (Å²) in [6.45, 7) is 4.35. The second-order valence-electron chi connectivity index (χ2n) is 16.1. The number of benzene rings is 5. The average molecular weight is 935 g/mol. The second-order valence-corrected chi connectivity index (χ2v) is 20.0. The Morgan fingerprint density at radius 1 is 0.758 bits per heavy atom. The Labute approximate surface area is 383 Å². The number of amides is 1. The maximum atomic E-state index is 16.1. The number of ether oxygens (including phenoxy) is 4. The summed E-state index contributed by atoms with van der Waals surface area (Å²) in [6, 6.07) is 31.1. The van der Waals surface area contributed by atoms with Gasteiger partial charge in [-0.2, -0.15) is 4.31 Å². The Balaban J connectivity index is 1.49. The Morgan fingerprint density at radius 2 is 1.35 bits per heavy atom. The van der Waals surface area contributed by atoms with Gasteiger partial charge in [0.1, 0.15) is 27.7 Å². The minimum Gasteiger partial charge on any atom is -0.497 e. The molecule has 2 heterocycles. The number of carbonyl (C=O) groups is 1. The van der Waals surface area contributed by atoms with Crippen LogP contribution in [0.1, 0.15) is 37.5 Å². The van der Waals surface area contributed by atoms with Gasteiger partial charge in [-0.05, 0) is 114 Å². The first kappa shape index (κ1) is 46.9. The first-order valence-corrected chi connectivity index (χ1v) is 23.8. The van der Waals surface area contributed by atoms with E-state index in [9.17, 15) is 13.2 Å². The summed E-state index contributed by atoms with van der Waals surface area (Å²) in [7, 11) is -4.85. The molecule has 1 N–H and O–H groups in total. The number of methoxy groups -OCH3 is 3. The van der Waals surface area contributed by atoms with Crippen molar-refractivity contribution in [2.75, 3.05) is 33.6 Å². The molecule has 0 saturated heterocycles. The van der Waals surface area contributed by atoms with Crippen molar-refractivity contribution in [3.8, 4) is 45.5 Å². The number of alkyl carbamates (subject to hydrolysis) is 1. The van der Waals surface area contributed by atoms with Crippen LogP contribution < -0.4 is 19.5 Å². The van der Waals surface area contributed by atoms with Crippen molar-refractivity contribution in [2.24, 2.45) is 0 Å². The van der Waals surface area contributed by atoms with E-state index in [1.807, 2.05) is 24.3 Å². The molecule has 66 heavy (non-hydrogen) atoms. The van der Waals surface area contributed by atoms with Gasteiger partial charge in [0.25, 0.3) is 0 Å². The molecule has 0 aliphatic heterocycles. The molecule has 7 rings (SSSR count). The summed E-state index contributed by atoms with van der Waals surface area (Å²) in [4.78, 5) is 15.8. The number of carbonyl (C=O) groups excluding carboxylic acids is 1. The zero-order valence-corrected chi connectivity index (χ0v) is 38.9. The van der Waals surface area contributed by atoms with Gasteiger partial charge >= 0.3 is 6.09 Å². The van der Waals surface area contributed by atoms with Crippen molar-refractivity contribution >= 4 is 26.0 Å². The Morgan fingerprint density at radius 3 is 1.89 bits per heavy atom. The summed E-state index contributed by atoms with van der Waals surface area (Å²) < 4.78 is 87.9. The van der Waals surface area contributed by atoms with Gasteiger partial charge in [-0.1, -0.05) is 54.6 Å². The number of hydrogen-bond donors (Lipinski definition) is 1. The molecule has 1 amide bonds. The van der Waals surface area contributed by atoms with E-state index < -0.39 is 53.6 Å². The fraction of sp³-hybridized carbons (Fsp3) is 0.255. The van der Waals surface area contributed by atoms with Crippen LogP contribution in [0.4, 0.5) is 4.79 Å². The molecule has 0 aliphatic rings. The first-order valence-electron chi connectivity index (χ1n) is 20.7. The molecule has 17 nitrogen and oxygen atoms in total. The fourth-order valence-electron chi connectivity index (χ4n) is 7.10. The molecule has 0 atom stereocenters. The smallest absolute Gasteiger partial charge is 0.407 e. The number of aromatic nitrogens is 6. The summed E-state index contributed by atoms with van der Waals surface area (Å²) in [5.41, 5.74) is 2.56. The number of hydrogen-bond acceptors (Lipinski definition) is 13. The predicted molar refractivity (Wildman–Crippen MR) is 247 cm³/mol. The minimum atomic E-state index is -4.91. The highest BCUT2D eigenvalue weighted by Gasteiger charge is 2.38. The van der Waals surface area contributed by atoms with Crippen LogP contribution in [0.2, 0.25) is 0 Å². The second kappa shape index (κ2) is 20.0. The number of rotatable bonds is 18. The lowest BCUT2D eigenvalue weighted by Gasteiger charge is -2.27. The molecule has 344 valence electrons. The van der Waals surface area contributed by atoms with E-state index in [0.29, 0.717) is 45.2 Å². The van der Waals surface area contributed by atoms with E-state index in [4.69, 9.17) is 18.9 Å². The number of tetrazole rings is 1. The molecule has 0 fully saturated rings. The molecule has 0 radical (unpaired) electrons. The van der Waals surface area contributed by atoms with Crippen LogP contribution in [0.15, 0.2) is 138 Å². The molecule has 0 unspecified atom stereocenters. The number of imidazole rings is 1. The lowest BCUT2D eigenvalue weighted by molar-refractivity contribution is 0.0531. The van der Waals surface area contributed by atoms with Crippen molar-refractivity contribution < 1.29 is 40.6 Å². The van der Waals surface area contributed by atoms with Gasteiger partial charge in [0.15, 0.2) is 15.7 Å². The van der Waals surface area contributed by atoms with Gasteiger partial charge in [-0.15, -0.1) is 5.10 Å². The van der Waals surface area contributed by atoms with Crippen LogP contribution in [0, 0.1) is 0 Å². The third kappa shape index (κ3) is 11.0. The summed E-state index contributed by atoms with van der Waals surface area (Å²) in [5, 5.41) is 15.3. The molecule has 0 aliphatic carbocycles. The lowest BCUT2D eigenvalue weighted by atomic mass is 9.98. The molecule has 0 saturated carbocycles. The molecule has 7 aromatic rings. The average Bonchev–Trinajstić information content (AvgIpc) is 4.02. The van der Waals surface area contributed by atoms with Gasteiger partial charge in [0.05, 0.1) is 50.4 Å². The maximum Gasteiger partial charge on any atom is 0.407 e. The quantitative estimate of drug-likeness (QED) is 0.0928. The molecular weight excluding hydrogens is 885 g/mol. The summed E-state index contributed by atoms with van der Waals surface area (Å²) in [5.74, 6) is 1.04. The van der Waals surface area contributed by atoms with Crippen LogP contribution in [0.3, 0.4) is 0 Å². The SMILES string of the molecule is COc1ccc(CN(Cc2ccc(OC)cc2)S(=O)(=O)c2c(S(=O)(=O)CCNC(=O)OC(C)(C)C)ccc(-c3cccc(-n4ccnc4)c3)c2-c2nnnn2Cc2ccc(OC)cc2)cc1. The highest BCUT2D eigenvalue weighted by Crippen LogP contribution is 2.42. The normalized spacial score (nSPS) is 11.9. The highest BCUT2D eigenvalue weighted by molar-refractivity contribution is 7.93. The van der Waals surface area contributed by atoms with Gasteiger partial charge in [0.2, 0.25) is 10.0 Å². The van der Waals surface area contributed by atoms with E-state index in [1.165, 1.54) is 29.3 Å². The van der Waals surface area contributed by atoms with Gasteiger partial charge in [-0.3, -0.25) is 0 Å². The summed E-state index contributed by atoms with van der Waals surface area (Å²) in [6.07, 6.45) is 4.20. The van der Waals surface area contributed by atoms with E-state index >= 15 is 8.42 Å². The summed E-state index contributed by atoms with van der Waals surface area (Å²) >= 11 is 0. The van der Waals surface area contributed by atoms with E-state index in [1.54, 1.807) is 130 Å². The first-order chi connectivity index (χ1) is 31.6. The van der Waals surface area contributed by atoms with Crippen molar-refractivity contribution in [3.63, 3.8) is 0 Å². The van der Waals surface area contributed by atoms with Crippen LogP contribution in [-0.2, 0) is 44.2 Å². The Bertz CT molecular complexity index is 2940. The number of nitrogens with one attached hydrogen (secondary N) is 1. The van der Waals surface area contributed by atoms with E-state index in [0.717, 1.165) is 5.56 Å². The fourth-order valence-corrected chi connectivity index (χ4v) is 10.7. The van der Waals surface area contributed by atoms with E-state index in [2.05, 4.69) is 25.8 Å². The predicted octanol–water partition coefficient (Wildman–Crippen LogP) is 6.96. The number of nitrogens with zero attached hydrogens (tertiary/aromatic N) is 7. The molecule has 0 bridgehead atoms. The Hall–Kier alpha value is -7.09. The molecule has 2 aromatic heterocycles. The van der Waals surface area contributed by atoms with Crippen LogP contribution in [0.25, 0.3) is 28.2 Å². The largest absolute Gasteiger partial charge is 0.497 e. The monoisotopic (exact) mass is 934 g/mol. The minimum absolute atomic E-state index is 0.0230. The number of sulfone groups is 1. The molecular formula is C47H50N8O9S2. The highest BCUT2D eigenvalue weighted by atomic mass is 32.2. The van der Waals surface area contributed by atoms with Crippen molar-refractivity contribution in [3.05, 3.63) is 145 Å². The third-order valence-electron chi connectivity index (χ3n) is 10.3. The topological polar surface area (TPSA) is 199 Å². The van der Waals surface area contributed by atoms with Gasteiger partial charge in [-0.25, -0.2) is 31.3 Å². The van der Waals surface area contributed by atoms with Crippen molar-refractivity contribution in [1.29, 1.82) is 0 Å². The maximum absolute atomic E-state index is 16.1. The molecule has 19 heteroatoms. The third-order valence-corrected chi connectivity index (χ3v) is 14.1. The van der Waals surface area contributed by atoms with Crippen molar-refractivity contribution in [1.82, 2.24) is 39.4 Å². The standard InChI is InChI=1S/C47H50N8O9S2/c1-47(2,3)64-46(56)49-25-27-65(57,58)42-23-22-41(36-8-7-9-37(28-36)53-26-24-48-32-53)43(45-50-51-52-55(45)31-35-14-20-40(63-6)21-15-35)44(42)66(59,60)54(29-33-10-16-38(61-4)17-11-33)30-34-12-18-39(62-5)19-13-34/h7-24,26,28,32H,25,27,29-31H2,1-6H3,(H,49,56). The van der Waals surface area contributed by atoms with Gasteiger partial charge < -0.3 is 28.8 Å². The van der Waals surface area contributed by atoms with Crippen LogP contribution in [-0.4, -0.2) is 96.2 Å². The molecule has 5 aromatic carbocycles. The van der Waals surface area contributed by atoms with Crippen LogP contribution >= 0.6 is 0 Å².